The Hall–Kier alpha value is -3.79. The maximum absolute atomic E-state index is 13.7. The number of hydrogen-bond acceptors (Lipinski definition) is 7. The first-order valence-corrected chi connectivity index (χ1v) is 13.4. The average Bonchev–Trinajstić information content (AvgIpc) is 3.71. The molecule has 200 valence electrons. The molecule has 0 unspecified atom stereocenters. The Morgan fingerprint density at radius 1 is 1.15 bits per heavy atom. The largest absolute Gasteiger partial charge is 0.468 e. The van der Waals surface area contributed by atoms with Crippen LogP contribution in [0.3, 0.4) is 0 Å². The predicted molar refractivity (Wildman–Crippen MR) is 147 cm³/mol. The van der Waals surface area contributed by atoms with E-state index in [-0.39, 0.29) is 11.7 Å². The zero-order valence-electron chi connectivity index (χ0n) is 21.6. The summed E-state index contributed by atoms with van der Waals surface area (Å²) < 4.78 is 13.4. The van der Waals surface area contributed by atoms with Gasteiger partial charge in [0, 0.05) is 29.3 Å². The minimum atomic E-state index is -0.573. The fourth-order valence-electron chi connectivity index (χ4n) is 5.22. The zero-order chi connectivity index (χ0) is 26.8. The highest BCUT2D eigenvalue weighted by molar-refractivity contribution is 6.30. The van der Waals surface area contributed by atoms with Crippen LogP contribution in [-0.2, 0) is 24.4 Å². The van der Waals surface area contributed by atoms with Gasteiger partial charge in [0.25, 0.3) is 5.56 Å². The number of tetrazole rings is 1. The Balaban J connectivity index is 1.49. The number of ether oxygens (including phenoxy) is 1. The number of nitrogens with one attached hydrogen (secondary N) is 1. The lowest BCUT2D eigenvalue weighted by atomic mass is 10.0. The van der Waals surface area contributed by atoms with E-state index in [1.807, 2.05) is 67.6 Å². The van der Waals surface area contributed by atoms with Gasteiger partial charge >= 0.3 is 0 Å². The summed E-state index contributed by atoms with van der Waals surface area (Å²) in [5.74, 6) is 1.34. The molecule has 0 saturated carbocycles. The van der Waals surface area contributed by atoms with Crippen molar-refractivity contribution in [2.75, 3.05) is 6.61 Å². The molecule has 2 atom stereocenters. The van der Waals surface area contributed by atoms with Crippen molar-refractivity contribution in [3.05, 3.63) is 111 Å². The van der Waals surface area contributed by atoms with Gasteiger partial charge in [0.05, 0.1) is 25.5 Å². The molecule has 0 spiro atoms. The Labute approximate surface area is 230 Å². The first-order valence-electron chi connectivity index (χ1n) is 13.1. The van der Waals surface area contributed by atoms with E-state index in [4.69, 9.17) is 20.8 Å². The molecule has 0 aliphatic carbocycles. The van der Waals surface area contributed by atoms with Gasteiger partial charge in [-0.25, -0.2) is 4.68 Å². The van der Waals surface area contributed by atoms with Gasteiger partial charge in [-0.1, -0.05) is 35.9 Å². The number of benzene rings is 2. The van der Waals surface area contributed by atoms with E-state index in [1.54, 1.807) is 10.9 Å². The number of aromatic amines is 1. The molecule has 1 saturated heterocycles. The van der Waals surface area contributed by atoms with Gasteiger partial charge in [0.15, 0.2) is 5.82 Å². The average molecular weight is 545 g/mol. The molecule has 0 radical (unpaired) electrons. The quantitative estimate of drug-likeness (QED) is 0.277. The van der Waals surface area contributed by atoms with Crippen LogP contribution in [0, 0.1) is 6.92 Å². The molecule has 1 aliphatic rings. The van der Waals surface area contributed by atoms with E-state index in [2.05, 4.69) is 25.4 Å². The first kappa shape index (κ1) is 25.5. The van der Waals surface area contributed by atoms with Crippen molar-refractivity contribution in [2.45, 2.75) is 51.5 Å². The van der Waals surface area contributed by atoms with E-state index in [0.717, 1.165) is 47.2 Å². The molecular weight excluding hydrogens is 516 g/mol. The number of halogens is 1. The van der Waals surface area contributed by atoms with Gasteiger partial charge in [-0.3, -0.25) is 9.69 Å². The molecule has 4 heterocycles. The highest BCUT2D eigenvalue weighted by atomic mass is 35.5. The van der Waals surface area contributed by atoms with E-state index in [1.165, 1.54) is 0 Å². The molecule has 10 heteroatoms. The Morgan fingerprint density at radius 2 is 2.03 bits per heavy atom. The van der Waals surface area contributed by atoms with E-state index in [9.17, 15) is 4.79 Å². The second-order valence-electron chi connectivity index (χ2n) is 10.0. The molecule has 5 aromatic rings. The number of H-pyrrole nitrogens is 1. The monoisotopic (exact) mass is 544 g/mol. The maximum Gasteiger partial charge on any atom is 0.253 e. The van der Waals surface area contributed by atoms with Crippen molar-refractivity contribution < 1.29 is 9.15 Å². The van der Waals surface area contributed by atoms with Gasteiger partial charge in [0.1, 0.15) is 11.8 Å². The minimum Gasteiger partial charge on any atom is -0.468 e. The summed E-state index contributed by atoms with van der Waals surface area (Å²) in [4.78, 5) is 19.0. The molecule has 0 amide bonds. The van der Waals surface area contributed by atoms with Gasteiger partial charge < -0.3 is 14.1 Å². The number of furan rings is 1. The lowest BCUT2D eigenvalue weighted by molar-refractivity contribution is 0.0901. The third-order valence-corrected chi connectivity index (χ3v) is 7.38. The lowest BCUT2D eigenvalue weighted by Crippen LogP contribution is -2.35. The predicted octanol–water partition coefficient (Wildman–Crippen LogP) is 5.04. The lowest BCUT2D eigenvalue weighted by Gasteiger charge is -2.30. The van der Waals surface area contributed by atoms with Crippen molar-refractivity contribution in [2.24, 2.45) is 0 Å². The molecule has 9 nitrogen and oxygen atoms in total. The van der Waals surface area contributed by atoms with Crippen LogP contribution >= 0.6 is 11.6 Å². The third-order valence-electron chi connectivity index (χ3n) is 7.13. The van der Waals surface area contributed by atoms with Crippen LogP contribution < -0.4 is 5.56 Å². The van der Waals surface area contributed by atoms with Crippen molar-refractivity contribution in [1.82, 2.24) is 30.1 Å². The summed E-state index contributed by atoms with van der Waals surface area (Å²) in [6.07, 6.45) is 3.63. The summed E-state index contributed by atoms with van der Waals surface area (Å²) in [5.41, 5.74) is 3.25. The molecule has 3 aromatic heterocycles. The molecule has 1 fully saturated rings. The number of pyridine rings is 1. The number of nitrogens with zero attached hydrogens (tertiary/aromatic N) is 5. The number of fused-ring (bicyclic) bond motifs is 1. The van der Waals surface area contributed by atoms with Gasteiger partial charge in [-0.15, -0.1) is 5.10 Å². The Morgan fingerprint density at radius 3 is 2.79 bits per heavy atom. The highest BCUT2D eigenvalue weighted by Crippen LogP contribution is 2.31. The number of hydrogen-bond donors (Lipinski definition) is 1. The Bertz CT molecular complexity index is 1610. The second kappa shape index (κ2) is 11.1. The summed E-state index contributed by atoms with van der Waals surface area (Å²) in [6.45, 7) is 4.18. The van der Waals surface area contributed by atoms with Gasteiger partial charge in [-0.05, 0) is 83.1 Å². The maximum atomic E-state index is 13.7. The molecule has 2 aromatic carbocycles. The molecule has 1 aliphatic heterocycles. The van der Waals surface area contributed by atoms with Crippen LogP contribution in [0.25, 0.3) is 10.9 Å². The molecule has 1 N–H and O–H groups in total. The topological polar surface area (TPSA) is 102 Å². The minimum absolute atomic E-state index is 0.0283. The van der Waals surface area contributed by atoms with Gasteiger partial charge in [-0.2, -0.15) is 0 Å². The zero-order valence-corrected chi connectivity index (χ0v) is 22.3. The third kappa shape index (κ3) is 5.66. The SMILES string of the molecule is Cc1ccc2cc([C@H](c3nnnn3C[C@@H]3CCCO3)N(Cc3ccc(Cl)cc3)Cc3ccco3)c(=O)[nH]c2c1. The summed E-state index contributed by atoms with van der Waals surface area (Å²) in [6, 6.07) is 18.9. The van der Waals surface area contributed by atoms with Crippen LogP contribution in [0.4, 0.5) is 0 Å². The van der Waals surface area contributed by atoms with Crippen molar-refractivity contribution in [3.8, 4) is 0 Å². The van der Waals surface area contributed by atoms with E-state index < -0.39 is 6.04 Å². The van der Waals surface area contributed by atoms with Crippen LogP contribution in [0.15, 0.2) is 76.1 Å². The Kier molecular flexibility index (Phi) is 7.28. The van der Waals surface area contributed by atoms with Gasteiger partial charge in [0.2, 0.25) is 0 Å². The standard InChI is InChI=1S/C29H29ClN6O3/c1-19-6-9-21-15-25(29(37)31-26(21)14-19)27(28-32-33-34-36(28)18-24-5-3-13-39-24)35(17-23-4-2-12-38-23)16-20-7-10-22(30)11-8-20/h2,4,6-12,14-15,24,27H,3,5,13,16-18H2,1H3,(H,31,37)/t24-,27+/m0/s1. The van der Waals surface area contributed by atoms with Crippen LogP contribution in [-0.4, -0.2) is 42.8 Å². The van der Waals surface area contributed by atoms with Crippen LogP contribution in [0.5, 0.6) is 0 Å². The number of aromatic nitrogens is 5. The normalized spacial score (nSPS) is 16.3. The molecule has 39 heavy (non-hydrogen) atoms. The summed E-state index contributed by atoms with van der Waals surface area (Å²) in [7, 11) is 0. The number of rotatable bonds is 9. The smallest absolute Gasteiger partial charge is 0.253 e. The molecule has 6 rings (SSSR count). The molecule has 0 bridgehead atoms. The first-order chi connectivity index (χ1) is 19.0. The number of aryl methyl sites for hydroxylation is 1. The van der Waals surface area contributed by atoms with Crippen molar-refractivity contribution >= 4 is 22.5 Å². The highest BCUT2D eigenvalue weighted by Gasteiger charge is 2.32. The van der Waals surface area contributed by atoms with Crippen LogP contribution in [0.2, 0.25) is 5.02 Å². The summed E-state index contributed by atoms with van der Waals surface area (Å²) >= 11 is 6.18. The second-order valence-corrected chi connectivity index (χ2v) is 10.4. The summed E-state index contributed by atoms with van der Waals surface area (Å²) in [5, 5.41) is 14.4. The fraction of sp³-hybridized carbons (Fsp3) is 0.310. The molecular formula is C29H29ClN6O3. The van der Waals surface area contributed by atoms with Crippen LogP contribution in [0.1, 0.15) is 47.2 Å². The van der Waals surface area contributed by atoms with E-state index >= 15 is 0 Å². The fourth-order valence-corrected chi connectivity index (χ4v) is 5.34. The van der Waals surface area contributed by atoms with Crippen molar-refractivity contribution in [1.29, 1.82) is 0 Å². The van der Waals surface area contributed by atoms with E-state index in [0.29, 0.717) is 36.0 Å². The van der Waals surface area contributed by atoms with Crippen molar-refractivity contribution in [3.63, 3.8) is 0 Å².